The van der Waals surface area contributed by atoms with E-state index >= 15 is 0 Å². The summed E-state index contributed by atoms with van der Waals surface area (Å²) in [7, 11) is 0. The largest absolute Gasteiger partial charge is 0.381 e. The number of nitrogens with one attached hydrogen (secondary N) is 1. The first-order valence-electron chi connectivity index (χ1n) is 9.28. The average Bonchev–Trinajstić information content (AvgIpc) is 2.72. The predicted octanol–water partition coefficient (Wildman–Crippen LogP) is 4.59. The van der Waals surface area contributed by atoms with Gasteiger partial charge in [0, 0.05) is 65.4 Å². The Balaban J connectivity index is 1.53. The van der Waals surface area contributed by atoms with Crippen LogP contribution in [0.5, 0.6) is 0 Å². The van der Waals surface area contributed by atoms with E-state index < -0.39 is 0 Å². The quantitative estimate of drug-likeness (QED) is 0.527. The van der Waals surface area contributed by atoms with Crippen molar-refractivity contribution in [2.24, 2.45) is 3.21 Å². The lowest BCUT2D eigenvalue weighted by molar-refractivity contribution is -0.0388. The minimum atomic E-state index is -0.288. The zero-order valence-electron chi connectivity index (χ0n) is 15.6. The summed E-state index contributed by atoms with van der Waals surface area (Å²) in [5.41, 5.74) is 3.11. The van der Waals surface area contributed by atoms with Gasteiger partial charge in [-0.05, 0) is 44.1 Å². The summed E-state index contributed by atoms with van der Waals surface area (Å²) < 4.78 is 18.5. The second kappa shape index (κ2) is 9.51. The second-order valence-electron chi connectivity index (χ2n) is 6.75. The third-order valence-electron chi connectivity index (χ3n) is 4.64. The lowest BCUT2D eigenvalue weighted by atomic mass is 10.1. The molecule has 0 unspecified atom stereocenters. The lowest BCUT2D eigenvalue weighted by Gasteiger charge is -2.22. The van der Waals surface area contributed by atoms with E-state index in [2.05, 4.69) is 58.7 Å². The van der Waals surface area contributed by atoms with Gasteiger partial charge in [0.15, 0.2) is 0 Å². The summed E-state index contributed by atoms with van der Waals surface area (Å²) in [6, 6.07) is 4.15. The van der Waals surface area contributed by atoms with E-state index in [9.17, 15) is 0 Å². The highest BCUT2D eigenvalue weighted by molar-refractivity contribution is 14.2. The average molecular weight is 557 g/mol. The molecule has 1 aromatic heterocycles. The molecule has 2 aliphatic rings. The first-order valence-corrected chi connectivity index (χ1v) is 12.1. The number of nitrogens with zero attached hydrogens (tertiary/aromatic N) is 3. The minimum Gasteiger partial charge on any atom is -0.381 e. The van der Waals surface area contributed by atoms with Gasteiger partial charge >= 0.3 is 0 Å². The molecule has 2 aromatic rings. The molecule has 0 saturated carbocycles. The van der Waals surface area contributed by atoms with Crippen LogP contribution in [0.25, 0.3) is 10.9 Å². The Morgan fingerprint density at radius 1 is 1.25 bits per heavy atom. The number of allylic oxidation sites excluding steroid dienone is 1. The van der Waals surface area contributed by atoms with Gasteiger partial charge in [-0.3, -0.25) is 0 Å². The van der Waals surface area contributed by atoms with E-state index in [0.717, 1.165) is 65.1 Å². The van der Waals surface area contributed by atoms with E-state index in [1.165, 1.54) is 3.51 Å². The molecule has 1 saturated heterocycles. The topological polar surface area (TPSA) is 68.6 Å². The number of hydrogen-bond donors (Lipinski definition) is 1. The SMILES string of the molecule is CC1=NI=C(CNc2ncnc3c(COC4CCOCC4)cc(Br)cc23)C=C1. The smallest absolute Gasteiger partial charge is 0.137 e. The first kappa shape index (κ1) is 20.1. The molecule has 0 amide bonds. The van der Waals surface area contributed by atoms with Crippen molar-refractivity contribution < 1.29 is 9.47 Å². The van der Waals surface area contributed by atoms with E-state index in [0.29, 0.717) is 6.61 Å². The number of benzene rings is 1. The van der Waals surface area contributed by atoms with Gasteiger partial charge in [-0.25, -0.2) is 13.2 Å². The number of halogens is 2. The van der Waals surface area contributed by atoms with E-state index in [1.807, 2.05) is 6.92 Å². The maximum Gasteiger partial charge on any atom is 0.137 e. The van der Waals surface area contributed by atoms with Gasteiger partial charge in [0.05, 0.1) is 18.2 Å². The van der Waals surface area contributed by atoms with Crippen LogP contribution in [0, 0.1) is 0 Å². The second-order valence-corrected chi connectivity index (χ2v) is 10.0. The zero-order chi connectivity index (χ0) is 19.3. The van der Waals surface area contributed by atoms with Crippen LogP contribution in [0.15, 0.2) is 38.3 Å². The molecular weight excluding hydrogens is 535 g/mol. The van der Waals surface area contributed by atoms with E-state index in [4.69, 9.17) is 9.47 Å². The summed E-state index contributed by atoms with van der Waals surface area (Å²) in [6.07, 6.45) is 8.02. The summed E-state index contributed by atoms with van der Waals surface area (Å²) in [5, 5.41) is 4.47. The monoisotopic (exact) mass is 556 g/mol. The van der Waals surface area contributed by atoms with Gasteiger partial charge in [-0.2, -0.15) is 0 Å². The Morgan fingerprint density at radius 2 is 2.11 bits per heavy atom. The lowest BCUT2D eigenvalue weighted by Crippen LogP contribution is -2.23. The summed E-state index contributed by atoms with van der Waals surface area (Å²) in [5.74, 6) is 0.842. The highest BCUT2D eigenvalue weighted by Gasteiger charge is 2.16. The molecule has 8 heteroatoms. The third-order valence-corrected chi connectivity index (χ3v) is 7.46. The Morgan fingerprint density at radius 3 is 2.89 bits per heavy atom. The summed E-state index contributed by atoms with van der Waals surface area (Å²) in [6.45, 7) is 4.89. The minimum absolute atomic E-state index is 0.254. The Labute approximate surface area is 183 Å². The fraction of sp³-hybridized carbons (Fsp3) is 0.400. The zero-order valence-corrected chi connectivity index (χ0v) is 19.4. The summed E-state index contributed by atoms with van der Waals surface area (Å²) in [4.78, 5) is 9.02. The van der Waals surface area contributed by atoms with Crippen LogP contribution < -0.4 is 5.32 Å². The summed E-state index contributed by atoms with van der Waals surface area (Å²) >= 11 is 3.34. The highest BCUT2D eigenvalue weighted by Crippen LogP contribution is 2.28. The predicted molar refractivity (Wildman–Crippen MR) is 126 cm³/mol. The van der Waals surface area contributed by atoms with Crippen LogP contribution in [0.4, 0.5) is 5.82 Å². The van der Waals surface area contributed by atoms with Crippen molar-refractivity contribution in [1.82, 2.24) is 9.97 Å². The number of hydrogen-bond acceptors (Lipinski definition) is 6. The van der Waals surface area contributed by atoms with Gasteiger partial charge in [0.25, 0.3) is 0 Å². The molecule has 2 aliphatic heterocycles. The molecule has 4 rings (SSSR count). The maximum absolute atomic E-state index is 6.13. The van der Waals surface area contributed by atoms with Crippen LogP contribution in [-0.2, 0) is 16.1 Å². The normalized spacial score (nSPS) is 17.8. The van der Waals surface area contributed by atoms with Crippen molar-refractivity contribution >= 4 is 62.9 Å². The van der Waals surface area contributed by atoms with Crippen molar-refractivity contribution in [3.63, 3.8) is 0 Å². The highest BCUT2D eigenvalue weighted by atomic mass is 127. The van der Waals surface area contributed by atoms with Crippen LogP contribution in [0.1, 0.15) is 25.3 Å². The maximum atomic E-state index is 6.13. The van der Waals surface area contributed by atoms with Gasteiger partial charge < -0.3 is 14.8 Å². The molecule has 0 bridgehead atoms. The Bertz CT molecular complexity index is 955. The number of anilines is 1. The molecule has 0 spiro atoms. The molecule has 28 heavy (non-hydrogen) atoms. The molecule has 0 radical (unpaired) electrons. The fourth-order valence-electron chi connectivity index (χ4n) is 3.15. The molecule has 0 atom stereocenters. The van der Waals surface area contributed by atoms with Gasteiger partial charge in [0.1, 0.15) is 12.1 Å². The van der Waals surface area contributed by atoms with Crippen molar-refractivity contribution in [3.05, 3.63) is 40.6 Å². The van der Waals surface area contributed by atoms with E-state index in [1.54, 1.807) is 6.33 Å². The van der Waals surface area contributed by atoms with Crippen LogP contribution in [0.2, 0.25) is 0 Å². The molecule has 148 valence electrons. The fourth-order valence-corrected chi connectivity index (χ4v) is 5.21. The number of fused-ring (bicyclic) bond motifs is 1. The molecule has 1 N–H and O–H groups in total. The molecule has 3 heterocycles. The standard InChI is InChI=1S/C20H22BrIN4O2/c1-13-2-3-16(22-26-13)10-23-20-18-9-15(21)8-14(19(18)24-12-25-20)11-28-17-4-6-27-7-5-17/h2-3,8-9,12,17H,4-7,10-11H2,1H3,(H,23,24,25). The number of ether oxygens (including phenoxy) is 2. The molecule has 6 nitrogen and oxygen atoms in total. The van der Waals surface area contributed by atoms with E-state index in [-0.39, 0.29) is 27.1 Å². The number of rotatable bonds is 6. The molecule has 1 fully saturated rings. The Hall–Kier alpha value is -1.23. The van der Waals surface area contributed by atoms with Crippen molar-refractivity contribution in [3.8, 4) is 0 Å². The molecular formula is C20H22BrIN4O2. The van der Waals surface area contributed by atoms with Gasteiger partial charge in [-0.1, -0.05) is 15.9 Å². The van der Waals surface area contributed by atoms with Crippen molar-refractivity contribution in [1.29, 1.82) is 0 Å². The molecule has 1 aromatic carbocycles. The number of aromatic nitrogens is 2. The van der Waals surface area contributed by atoms with Crippen LogP contribution >= 0.6 is 36.9 Å². The third kappa shape index (κ3) is 5.03. The van der Waals surface area contributed by atoms with Crippen molar-refractivity contribution in [2.75, 3.05) is 25.1 Å². The van der Waals surface area contributed by atoms with Gasteiger partial charge in [-0.15, -0.1) is 0 Å². The van der Waals surface area contributed by atoms with Crippen LogP contribution in [-0.4, -0.2) is 45.1 Å². The Kier molecular flexibility index (Phi) is 6.81. The van der Waals surface area contributed by atoms with Crippen molar-refractivity contribution in [2.45, 2.75) is 32.5 Å². The van der Waals surface area contributed by atoms with Crippen LogP contribution in [0.3, 0.4) is 0 Å². The first-order chi connectivity index (χ1) is 13.7. The van der Waals surface area contributed by atoms with Gasteiger partial charge in [0.2, 0.25) is 0 Å². The molecule has 0 aliphatic carbocycles.